The number of rotatable bonds is 11. The van der Waals surface area contributed by atoms with E-state index in [1.54, 1.807) is 80.6 Å². The van der Waals surface area contributed by atoms with Crippen LogP contribution in [0.25, 0.3) is 22.3 Å². The maximum Gasteiger partial charge on any atom is 0.343 e. The number of hydrogen-bond acceptors (Lipinski definition) is 8. The van der Waals surface area contributed by atoms with E-state index >= 15 is 0 Å². The maximum absolute atomic E-state index is 12.9. The summed E-state index contributed by atoms with van der Waals surface area (Å²) in [6.45, 7) is 15.9. The Kier molecular flexibility index (Phi) is 10.7. The molecule has 0 saturated carbocycles. The molecule has 1 aliphatic carbocycles. The fourth-order valence-electron chi connectivity index (χ4n) is 4.19. The summed E-state index contributed by atoms with van der Waals surface area (Å²) in [5.74, 6) is -0.475. The molecule has 0 radical (unpaired) electrons. The molecule has 0 heterocycles. The summed E-state index contributed by atoms with van der Waals surface area (Å²) in [6, 6.07) is 19.1. The lowest BCUT2D eigenvalue weighted by molar-refractivity contribution is -0.135. The lowest BCUT2D eigenvalue weighted by atomic mass is 9.98. The molecule has 0 unspecified atom stereocenters. The zero-order valence-corrected chi connectivity index (χ0v) is 26.0. The molecule has 8 nitrogen and oxygen atoms in total. The Morgan fingerprint density at radius 2 is 1.17 bits per heavy atom. The zero-order valence-electron chi connectivity index (χ0n) is 26.0. The van der Waals surface area contributed by atoms with E-state index in [9.17, 15) is 19.2 Å². The number of carbonyl (C=O) groups is 4. The van der Waals surface area contributed by atoms with Crippen molar-refractivity contribution in [3.63, 3.8) is 0 Å². The molecule has 0 saturated heterocycles. The molecular weight excluding hydrogens is 584 g/mol. The van der Waals surface area contributed by atoms with Crippen molar-refractivity contribution in [2.75, 3.05) is 0 Å². The predicted molar refractivity (Wildman–Crippen MR) is 175 cm³/mol. The Labute approximate surface area is 267 Å². The standard InChI is InChI=1S/C38H34O8/c1-7-25(6)37(41)46-34-22-29(26-12-15-30(16-13-26)43-35(39)23(2)3)14-21-33(34)27-8-10-28(11-9-27)38(42)45-32-19-17-31(18-20-32)44-36(40)24(4)5/h8-17,19,21-22H,2,4,6-7,18,20H2,1,3,5H3. The second-order valence-electron chi connectivity index (χ2n) is 10.7. The molecule has 8 heteroatoms. The third-order valence-electron chi connectivity index (χ3n) is 6.95. The van der Waals surface area contributed by atoms with Crippen molar-refractivity contribution >= 4 is 23.9 Å². The third-order valence-corrected chi connectivity index (χ3v) is 6.95. The van der Waals surface area contributed by atoms with Gasteiger partial charge in [-0.2, -0.15) is 0 Å². The maximum atomic E-state index is 12.9. The first-order valence-electron chi connectivity index (χ1n) is 14.6. The van der Waals surface area contributed by atoms with Crippen LogP contribution in [-0.4, -0.2) is 23.9 Å². The van der Waals surface area contributed by atoms with Gasteiger partial charge in [-0.05, 0) is 79.4 Å². The molecule has 0 N–H and O–H groups in total. The van der Waals surface area contributed by atoms with Crippen molar-refractivity contribution in [2.45, 2.75) is 40.0 Å². The highest BCUT2D eigenvalue weighted by Gasteiger charge is 2.18. The van der Waals surface area contributed by atoms with Crippen LogP contribution in [0, 0.1) is 0 Å². The normalized spacial score (nSPS) is 12.2. The molecule has 0 spiro atoms. The lowest BCUT2D eigenvalue weighted by Gasteiger charge is -2.15. The molecule has 0 aromatic heterocycles. The van der Waals surface area contributed by atoms with Gasteiger partial charge >= 0.3 is 23.9 Å². The van der Waals surface area contributed by atoms with Crippen molar-refractivity contribution in [3.8, 4) is 33.8 Å². The summed E-state index contributed by atoms with van der Waals surface area (Å²) >= 11 is 0. The van der Waals surface area contributed by atoms with Crippen molar-refractivity contribution in [2.24, 2.45) is 0 Å². The quantitative estimate of drug-likeness (QED) is 0.120. The SMILES string of the molecule is C=C(C)C(=O)OC1=CC=C(OC(=O)c2ccc(-c3ccc(-c4ccc(OC(=O)C(=C)C)cc4)cc3OC(=O)C(=C)CC)cc2)CC1. The Morgan fingerprint density at radius 3 is 1.74 bits per heavy atom. The van der Waals surface area contributed by atoms with E-state index in [4.69, 9.17) is 18.9 Å². The highest BCUT2D eigenvalue weighted by Crippen LogP contribution is 2.36. The van der Waals surface area contributed by atoms with Gasteiger partial charge in [0.2, 0.25) is 0 Å². The fourth-order valence-corrected chi connectivity index (χ4v) is 4.19. The van der Waals surface area contributed by atoms with Crippen LogP contribution in [0.3, 0.4) is 0 Å². The highest BCUT2D eigenvalue weighted by molar-refractivity contribution is 5.93. The second-order valence-corrected chi connectivity index (χ2v) is 10.7. The van der Waals surface area contributed by atoms with Gasteiger partial charge in [0, 0.05) is 35.1 Å². The molecule has 234 valence electrons. The number of benzene rings is 3. The first-order chi connectivity index (χ1) is 21.9. The highest BCUT2D eigenvalue weighted by atomic mass is 16.5. The van der Waals surface area contributed by atoms with Gasteiger partial charge < -0.3 is 18.9 Å². The molecule has 3 aromatic carbocycles. The van der Waals surface area contributed by atoms with Crippen molar-refractivity contribution in [1.29, 1.82) is 0 Å². The van der Waals surface area contributed by atoms with Crippen LogP contribution in [0.1, 0.15) is 50.4 Å². The Balaban J connectivity index is 1.54. The van der Waals surface area contributed by atoms with E-state index < -0.39 is 23.9 Å². The summed E-state index contributed by atoms with van der Waals surface area (Å²) in [4.78, 5) is 49.2. The van der Waals surface area contributed by atoms with Crippen LogP contribution < -0.4 is 9.47 Å². The van der Waals surface area contributed by atoms with Gasteiger partial charge in [0.05, 0.1) is 5.56 Å². The lowest BCUT2D eigenvalue weighted by Crippen LogP contribution is -2.11. The molecule has 0 aliphatic heterocycles. The average molecular weight is 619 g/mol. The molecule has 0 amide bonds. The molecule has 1 aliphatic rings. The van der Waals surface area contributed by atoms with Gasteiger partial charge in [-0.15, -0.1) is 0 Å². The second kappa shape index (κ2) is 14.8. The Hall–Kier alpha value is -5.76. The van der Waals surface area contributed by atoms with E-state index in [0.29, 0.717) is 75.7 Å². The molecule has 4 rings (SSSR count). The molecule has 46 heavy (non-hydrogen) atoms. The van der Waals surface area contributed by atoms with Crippen molar-refractivity contribution in [1.82, 2.24) is 0 Å². The van der Waals surface area contributed by atoms with Crippen LogP contribution in [0.4, 0.5) is 0 Å². The van der Waals surface area contributed by atoms with Crippen molar-refractivity contribution < 1.29 is 38.1 Å². The molecule has 0 atom stereocenters. The minimum Gasteiger partial charge on any atom is -0.428 e. The molecular formula is C38H34O8. The number of hydrogen-bond donors (Lipinski definition) is 0. The van der Waals surface area contributed by atoms with Gasteiger partial charge in [-0.1, -0.05) is 63.1 Å². The Bertz CT molecular complexity index is 1790. The number of esters is 4. The number of ether oxygens (including phenoxy) is 4. The zero-order chi connectivity index (χ0) is 33.4. The molecule has 0 fully saturated rings. The van der Waals surface area contributed by atoms with E-state index in [1.807, 2.05) is 19.1 Å². The molecule has 0 bridgehead atoms. The van der Waals surface area contributed by atoms with Crippen LogP contribution >= 0.6 is 0 Å². The van der Waals surface area contributed by atoms with Crippen LogP contribution in [-0.2, 0) is 23.9 Å². The molecule has 3 aromatic rings. The van der Waals surface area contributed by atoms with Crippen molar-refractivity contribution in [3.05, 3.63) is 132 Å². The summed E-state index contributed by atoms with van der Waals surface area (Å²) in [6.07, 6.45) is 4.44. The van der Waals surface area contributed by atoms with Gasteiger partial charge in [0.1, 0.15) is 23.0 Å². The predicted octanol–water partition coefficient (Wildman–Crippen LogP) is 8.21. The fraction of sp³-hybridized carbons (Fsp3) is 0.158. The monoisotopic (exact) mass is 618 g/mol. The first kappa shape index (κ1) is 33.1. The topological polar surface area (TPSA) is 105 Å². The van der Waals surface area contributed by atoms with Gasteiger partial charge in [-0.25, -0.2) is 19.2 Å². The largest absolute Gasteiger partial charge is 0.428 e. The average Bonchev–Trinajstić information content (AvgIpc) is 3.05. The smallest absolute Gasteiger partial charge is 0.343 e. The van der Waals surface area contributed by atoms with E-state index in [2.05, 4.69) is 19.7 Å². The van der Waals surface area contributed by atoms with Crippen LogP contribution in [0.15, 0.2) is 127 Å². The number of carbonyl (C=O) groups excluding carboxylic acids is 4. The van der Waals surface area contributed by atoms with E-state index in [0.717, 1.165) is 11.1 Å². The summed E-state index contributed by atoms with van der Waals surface area (Å²) in [5, 5.41) is 0. The summed E-state index contributed by atoms with van der Waals surface area (Å²) in [5.41, 5.74) is 4.15. The third kappa shape index (κ3) is 8.45. The Morgan fingerprint density at radius 1 is 0.630 bits per heavy atom. The van der Waals surface area contributed by atoms with Crippen LogP contribution in [0.2, 0.25) is 0 Å². The van der Waals surface area contributed by atoms with E-state index in [-0.39, 0.29) is 0 Å². The van der Waals surface area contributed by atoms with Gasteiger partial charge in [-0.3, -0.25) is 0 Å². The van der Waals surface area contributed by atoms with E-state index in [1.165, 1.54) is 0 Å². The minimum absolute atomic E-state index is 0.294. The van der Waals surface area contributed by atoms with Gasteiger partial charge in [0.25, 0.3) is 0 Å². The van der Waals surface area contributed by atoms with Crippen LogP contribution in [0.5, 0.6) is 11.5 Å². The summed E-state index contributed by atoms with van der Waals surface area (Å²) < 4.78 is 21.9. The minimum atomic E-state index is -0.546. The number of allylic oxidation sites excluding steroid dienone is 4. The first-order valence-corrected chi connectivity index (χ1v) is 14.6. The summed E-state index contributed by atoms with van der Waals surface area (Å²) in [7, 11) is 0. The van der Waals surface area contributed by atoms with Gasteiger partial charge in [0.15, 0.2) is 0 Å².